The van der Waals surface area contributed by atoms with Crippen molar-refractivity contribution in [2.75, 3.05) is 5.32 Å². The van der Waals surface area contributed by atoms with Crippen LogP contribution < -0.4 is 10.9 Å². The molecule has 2 N–H and O–H groups in total. The molecule has 0 saturated heterocycles. The summed E-state index contributed by atoms with van der Waals surface area (Å²) in [6, 6.07) is 6.53. The predicted molar refractivity (Wildman–Crippen MR) is 78.7 cm³/mol. The van der Waals surface area contributed by atoms with Gasteiger partial charge in [0.15, 0.2) is 0 Å². The maximum absolute atomic E-state index is 11.6. The summed E-state index contributed by atoms with van der Waals surface area (Å²) in [6.07, 6.45) is 0. The van der Waals surface area contributed by atoms with Crippen LogP contribution in [-0.4, -0.2) is 9.97 Å². The third kappa shape index (κ3) is 3.72. The Morgan fingerprint density at radius 1 is 1.16 bits per heavy atom. The highest BCUT2D eigenvalue weighted by molar-refractivity contribution is 6.35. The van der Waals surface area contributed by atoms with Crippen molar-refractivity contribution in [3.8, 4) is 0 Å². The van der Waals surface area contributed by atoms with Crippen LogP contribution in [0, 0.1) is 0 Å². The first kappa shape index (κ1) is 13.9. The summed E-state index contributed by atoms with van der Waals surface area (Å²) < 4.78 is 0. The Morgan fingerprint density at radius 2 is 1.79 bits per heavy atom. The maximum atomic E-state index is 11.6. The minimum Gasteiger partial charge on any atom is -0.326 e. The molecule has 0 spiro atoms. The standard InChI is InChI=1S/C13H13Cl2N3O/c1-7(2)11-6-12(19)18-13(17-11)16-10-4-8(14)3-9(15)5-10/h3-7H,1-2H3,(H2,16,17,18,19). The molecule has 0 radical (unpaired) electrons. The van der Waals surface area contributed by atoms with Gasteiger partial charge in [-0.1, -0.05) is 37.0 Å². The number of rotatable bonds is 3. The van der Waals surface area contributed by atoms with E-state index in [1.165, 1.54) is 6.07 Å². The molecule has 1 heterocycles. The van der Waals surface area contributed by atoms with Gasteiger partial charge in [-0.15, -0.1) is 0 Å². The van der Waals surface area contributed by atoms with E-state index in [0.717, 1.165) is 5.69 Å². The lowest BCUT2D eigenvalue weighted by Gasteiger charge is -2.09. The summed E-state index contributed by atoms with van der Waals surface area (Å²) in [7, 11) is 0. The Balaban J connectivity index is 2.35. The number of anilines is 2. The number of nitrogens with one attached hydrogen (secondary N) is 2. The molecule has 4 nitrogen and oxygen atoms in total. The van der Waals surface area contributed by atoms with E-state index < -0.39 is 0 Å². The van der Waals surface area contributed by atoms with Crippen LogP contribution in [0.15, 0.2) is 29.1 Å². The summed E-state index contributed by atoms with van der Waals surface area (Å²) >= 11 is 11.8. The molecule has 0 bridgehead atoms. The van der Waals surface area contributed by atoms with E-state index in [0.29, 0.717) is 21.7 Å². The van der Waals surface area contributed by atoms with E-state index in [-0.39, 0.29) is 11.5 Å². The Bertz CT molecular complexity index is 632. The van der Waals surface area contributed by atoms with Crippen LogP contribution in [0.4, 0.5) is 11.6 Å². The summed E-state index contributed by atoms with van der Waals surface area (Å²) in [6.45, 7) is 3.95. The SMILES string of the molecule is CC(C)c1cc(=O)[nH]c(Nc2cc(Cl)cc(Cl)c2)n1. The predicted octanol–water partition coefficient (Wildman–Crippen LogP) is 3.94. The lowest BCUT2D eigenvalue weighted by atomic mass is 10.1. The number of aromatic nitrogens is 2. The molecule has 0 aliphatic carbocycles. The zero-order valence-corrected chi connectivity index (χ0v) is 12.0. The molecular formula is C13H13Cl2N3O. The van der Waals surface area contributed by atoms with Crippen molar-refractivity contribution in [2.24, 2.45) is 0 Å². The van der Waals surface area contributed by atoms with E-state index in [9.17, 15) is 4.79 Å². The summed E-state index contributed by atoms with van der Waals surface area (Å²) in [5, 5.41) is 4.01. The third-order valence-corrected chi connectivity index (χ3v) is 2.91. The van der Waals surface area contributed by atoms with Gasteiger partial charge in [-0.25, -0.2) is 4.98 Å². The van der Waals surface area contributed by atoms with Gasteiger partial charge in [0.05, 0.1) is 5.69 Å². The lowest BCUT2D eigenvalue weighted by molar-refractivity contribution is 0.812. The Labute approximate surface area is 120 Å². The molecule has 0 amide bonds. The van der Waals surface area contributed by atoms with Gasteiger partial charge in [-0.2, -0.15) is 0 Å². The monoisotopic (exact) mass is 297 g/mol. The highest BCUT2D eigenvalue weighted by Gasteiger charge is 2.06. The number of benzene rings is 1. The third-order valence-electron chi connectivity index (χ3n) is 2.48. The first-order valence-electron chi connectivity index (χ1n) is 5.78. The van der Waals surface area contributed by atoms with E-state index in [4.69, 9.17) is 23.2 Å². The zero-order valence-electron chi connectivity index (χ0n) is 10.5. The molecular weight excluding hydrogens is 285 g/mol. The fourth-order valence-corrected chi connectivity index (χ4v) is 2.12. The molecule has 19 heavy (non-hydrogen) atoms. The summed E-state index contributed by atoms with van der Waals surface area (Å²) in [5.41, 5.74) is 1.19. The molecule has 2 aromatic rings. The molecule has 1 aromatic carbocycles. The number of halogens is 2. The van der Waals surface area contributed by atoms with Crippen molar-refractivity contribution >= 4 is 34.8 Å². The fraction of sp³-hybridized carbons (Fsp3) is 0.231. The van der Waals surface area contributed by atoms with Gasteiger partial charge >= 0.3 is 0 Å². The first-order chi connectivity index (χ1) is 8.94. The van der Waals surface area contributed by atoms with Gasteiger partial charge < -0.3 is 5.32 Å². The van der Waals surface area contributed by atoms with Crippen molar-refractivity contribution in [1.29, 1.82) is 0 Å². The molecule has 0 unspecified atom stereocenters. The maximum Gasteiger partial charge on any atom is 0.252 e. The van der Waals surface area contributed by atoms with Crippen LogP contribution in [-0.2, 0) is 0 Å². The van der Waals surface area contributed by atoms with Crippen LogP contribution in [0.25, 0.3) is 0 Å². The minimum absolute atomic E-state index is 0.172. The number of H-pyrrole nitrogens is 1. The highest BCUT2D eigenvalue weighted by atomic mass is 35.5. The summed E-state index contributed by atoms with van der Waals surface area (Å²) in [4.78, 5) is 18.5. The molecule has 2 rings (SSSR count). The molecule has 100 valence electrons. The molecule has 0 atom stereocenters. The second-order valence-electron chi connectivity index (χ2n) is 4.46. The number of aromatic amines is 1. The van der Waals surface area contributed by atoms with E-state index in [2.05, 4.69) is 15.3 Å². The lowest BCUT2D eigenvalue weighted by Crippen LogP contribution is -2.12. The van der Waals surface area contributed by atoms with Gasteiger partial charge in [-0.05, 0) is 24.1 Å². The van der Waals surface area contributed by atoms with Crippen LogP contribution >= 0.6 is 23.2 Å². The van der Waals surface area contributed by atoms with Gasteiger partial charge in [0.1, 0.15) is 0 Å². The Morgan fingerprint density at radius 3 is 2.37 bits per heavy atom. The van der Waals surface area contributed by atoms with Crippen molar-refractivity contribution < 1.29 is 0 Å². The largest absolute Gasteiger partial charge is 0.326 e. The second-order valence-corrected chi connectivity index (χ2v) is 5.33. The fourth-order valence-electron chi connectivity index (χ4n) is 1.59. The zero-order chi connectivity index (χ0) is 14.0. The van der Waals surface area contributed by atoms with Crippen molar-refractivity contribution in [3.63, 3.8) is 0 Å². The number of hydrogen-bond donors (Lipinski definition) is 2. The Hall–Kier alpha value is -1.52. The average Bonchev–Trinajstić information content (AvgIpc) is 2.26. The minimum atomic E-state index is -0.200. The van der Waals surface area contributed by atoms with Crippen molar-refractivity contribution in [2.45, 2.75) is 19.8 Å². The number of hydrogen-bond acceptors (Lipinski definition) is 3. The normalized spacial score (nSPS) is 10.8. The number of nitrogens with zero attached hydrogens (tertiary/aromatic N) is 1. The van der Waals surface area contributed by atoms with Crippen LogP contribution in [0.5, 0.6) is 0 Å². The average molecular weight is 298 g/mol. The van der Waals surface area contributed by atoms with Crippen LogP contribution in [0.2, 0.25) is 10.0 Å². The molecule has 1 aromatic heterocycles. The first-order valence-corrected chi connectivity index (χ1v) is 6.54. The van der Waals surface area contributed by atoms with Gasteiger partial charge in [0, 0.05) is 21.8 Å². The summed E-state index contributed by atoms with van der Waals surface area (Å²) in [5.74, 6) is 0.542. The quantitative estimate of drug-likeness (QED) is 0.902. The molecule has 6 heteroatoms. The molecule has 0 aliphatic heterocycles. The van der Waals surface area contributed by atoms with E-state index in [1.54, 1.807) is 18.2 Å². The molecule has 0 aliphatic rings. The smallest absolute Gasteiger partial charge is 0.252 e. The van der Waals surface area contributed by atoms with E-state index >= 15 is 0 Å². The van der Waals surface area contributed by atoms with Crippen LogP contribution in [0.1, 0.15) is 25.5 Å². The van der Waals surface area contributed by atoms with Gasteiger partial charge in [-0.3, -0.25) is 9.78 Å². The van der Waals surface area contributed by atoms with Crippen LogP contribution in [0.3, 0.4) is 0 Å². The molecule has 0 saturated carbocycles. The molecule has 0 fully saturated rings. The Kier molecular flexibility index (Phi) is 4.12. The highest BCUT2D eigenvalue weighted by Crippen LogP contribution is 2.24. The van der Waals surface area contributed by atoms with Gasteiger partial charge in [0.2, 0.25) is 5.95 Å². The van der Waals surface area contributed by atoms with Crippen molar-refractivity contribution in [3.05, 3.63) is 50.4 Å². The van der Waals surface area contributed by atoms with Gasteiger partial charge in [0.25, 0.3) is 5.56 Å². The topological polar surface area (TPSA) is 57.8 Å². The van der Waals surface area contributed by atoms with E-state index in [1.807, 2.05) is 13.8 Å². The second kappa shape index (κ2) is 5.63. The van der Waals surface area contributed by atoms with Crippen molar-refractivity contribution in [1.82, 2.24) is 9.97 Å².